The highest BCUT2D eigenvalue weighted by molar-refractivity contribution is 7.90. The molecule has 3 heterocycles. The fourth-order valence-electron chi connectivity index (χ4n) is 5.54. The van der Waals surface area contributed by atoms with Crippen LogP contribution in [-0.2, 0) is 16.9 Å². The van der Waals surface area contributed by atoms with Gasteiger partial charge < -0.3 is 9.47 Å². The van der Waals surface area contributed by atoms with E-state index < -0.39 is 9.84 Å². The Kier molecular flexibility index (Phi) is 6.04. The van der Waals surface area contributed by atoms with E-state index in [2.05, 4.69) is 44.7 Å². The highest BCUT2D eigenvalue weighted by atomic mass is 32.2. The molecule has 2 aliphatic rings. The number of aryl methyl sites for hydroxylation is 2. The van der Waals surface area contributed by atoms with Gasteiger partial charge in [-0.05, 0) is 62.2 Å². The summed E-state index contributed by atoms with van der Waals surface area (Å²) in [6.07, 6.45) is 5.36. The minimum Gasteiger partial charge on any atom is -0.369 e. The second kappa shape index (κ2) is 9.26. The van der Waals surface area contributed by atoms with Crippen molar-refractivity contribution in [3.05, 3.63) is 60.3 Å². The smallest absolute Gasteiger partial charge is 0.175 e. The Hall–Kier alpha value is -3.23. The molecule has 2 aromatic heterocycles. The van der Waals surface area contributed by atoms with Gasteiger partial charge in [0.25, 0.3) is 0 Å². The van der Waals surface area contributed by atoms with Crippen molar-refractivity contribution in [2.45, 2.75) is 37.1 Å². The van der Waals surface area contributed by atoms with Gasteiger partial charge in [0.15, 0.2) is 9.84 Å². The molecule has 0 atom stereocenters. The molecule has 192 valence electrons. The Balaban J connectivity index is 1.25. The lowest BCUT2D eigenvalue weighted by atomic mass is 9.91. The van der Waals surface area contributed by atoms with Crippen LogP contribution in [0.15, 0.2) is 59.5 Å². The van der Waals surface area contributed by atoms with Crippen LogP contribution >= 0.6 is 0 Å². The van der Waals surface area contributed by atoms with Gasteiger partial charge in [-0.2, -0.15) is 0 Å². The van der Waals surface area contributed by atoms with Gasteiger partial charge in [0, 0.05) is 62.3 Å². The van der Waals surface area contributed by atoms with Crippen molar-refractivity contribution < 1.29 is 8.42 Å². The molecule has 0 spiro atoms. The van der Waals surface area contributed by atoms with Gasteiger partial charge >= 0.3 is 0 Å². The van der Waals surface area contributed by atoms with Crippen molar-refractivity contribution in [1.29, 1.82) is 0 Å². The van der Waals surface area contributed by atoms with Crippen LogP contribution < -0.4 is 4.90 Å². The van der Waals surface area contributed by atoms with Crippen LogP contribution in [0.3, 0.4) is 0 Å². The molecule has 7 nitrogen and oxygen atoms in total. The van der Waals surface area contributed by atoms with Gasteiger partial charge in [-0.25, -0.2) is 13.4 Å². The molecule has 2 aromatic carbocycles. The van der Waals surface area contributed by atoms with Crippen molar-refractivity contribution in [1.82, 2.24) is 19.4 Å². The van der Waals surface area contributed by atoms with Crippen molar-refractivity contribution in [2.75, 3.05) is 37.3 Å². The second-order valence-electron chi connectivity index (χ2n) is 10.4. The number of benzene rings is 2. The number of imidazole rings is 1. The summed E-state index contributed by atoms with van der Waals surface area (Å²) in [5.74, 6) is 0.786. The first-order valence-corrected chi connectivity index (χ1v) is 14.9. The number of hydrogen-bond donors (Lipinski definition) is 0. The Bertz CT molecular complexity index is 1550. The van der Waals surface area contributed by atoms with Crippen molar-refractivity contribution >= 4 is 26.6 Å². The number of fused-ring (bicyclic) bond motifs is 1. The van der Waals surface area contributed by atoms with E-state index in [1.165, 1.54) is 31.2 Å². The first-order valence-electron chi connectivity index (χ1n) is 13.0. The van der Waals surface area contributed by atoms with E-state index in [1.54, 1.807) is 12.1 Å². The maximum absolute atomic E-state index is 11.8. The maximum Gasteiger partial charge on any atom is 0.175 e. The van der Waals surface area contributed by atoms with Crippen LogP contribution in [0.2, 0.25) is 0 Å². The van der Waals surface area contributed by atoms with Gasteiger partial charge in [0.2, 0.25) is 0 Å². The molecule has 4 aromatic rings. The molecule has 0 amide bonds. The lowest BCUT2D eigenvalue weighted by Gasteiger charge is -2.43. The van der Waals surface area contributed by atoms with Crippen LogP contribution in [0.5, 0.6) is 0 Å². The molecule has 37 heavy (non-hydrogen) atoms. The van der Waals surface area contributed by atoms with Gasteiger partial charge in [0.05, 0.1) is 21.8 Å². The number of pyridine rings is 1. The number of piperazine rings is 1. The summed E-state index contributed by atoms with van der Waals surface area (Å²) < 4.78 is 25.7. The number of rotatable bonds is 5. The van der Waals surface area contributed by atoms with Crippen LogP contribution in [0, 0.1) is 6.92 Å². The zero-order chi connectivity index (χ0) is 25.7. The van der Waals surface area contributed by atoms with Crippen molar-refractivity contribution in [2.24, 2.45) is 7.05 Å². The largest absolute Gasteiger partial charge is 0.369 e. The lowest BCUT2D eigenvalue weighted by Crippen LogP contribution is -2.52. The Morgan fingerprint density at radius 3 is 2.11 bits per heavy atom. The van der Waals surface area contributed by atoms with E-state index in [4.69, 9.17) is 9.97 Å². The summed E-state index contributed by atoms with van der Waals surface area (Å²) in [7, 11) is -1.25. The summed E-state index contributed by atoms with van der Waals surface area (Å²) >= 11 is 0. The van der Waals surface area contributed by atoms with E-state index in [-0.39, 0.29) is 0 Å². The first-order chi connectivity index (χ1) is 17.8. The van der Waals surface area contributed by atoms with E-state index in [9.17, 15) is 8.42 Å². The predicted octanol–water partition coefficient (Wildman–Crippen LogP) is 4.69. The van der Waals surface area contributed by atoms with Crippen LogP contribution in [-0.4, -0.2) is 66.3 Å². The third-order valence-corrected chi connectivity index (χ3v) is 9.15. The van der Waals surface area contributed by atoms with Crippen LogP contribution in [0.25, 0.3) is 33.7 Å². The highest BCUT2D eigenvalue weighted by Crippen LogP contribution is 2.31. The Morgan fingerprint density at radius 2 is 1.51 bits per heavy atom. The zero-order valence-electron chi connectivity index (χ0n) is 21.7. The molecule has 0 bridgehead atoms. The minimum atomic E-state index is -3.24. The summed E-state index contributed by atoms with van der Waals surface area (Å²) in [5, 5.41) is 0. The average Bonchev–Trinajstić information content (AvgIpc) is 3.20. The summed E-state index contributed by atoms with van der Waals surface area (Å²) in [6.45, 7) is 6.48. The van der Waals surface area contributed by atoms with Crippen LogP contribution in [0.4, 0.5) is 5.69 Å². The second-order valence-corrected chi connectivity index (χ2v) is 12.4. The molecule has 0 N–H and O–H groups in total. The molecule has 8 heteroatoms. The average molecular weight is 516 g/mol. The predicted molar refractivity (Wildman–Crippen MR) is 149 cm³/mol. The van der Waals surface area contributed by atoms with Gasteiger partial charge in [-0.15, -0.1) is 0 Å². The molecule has 1 aliphatic heterocycles. The molecule has 0 unspecified atom stereocenters. The number of hydrogen-bond acceptors (Lipinski definition) is 6. The Labute approximate surface area is 218 Å². The van der Waals surface area contributed by atoms with E-state index in [0.29, 0.717) is 4.90 Å². The molecular formula is C29H33N5O2S. The van der Waals surface area contributed by atoms with E-state index in [1.807, 2.05) is 26.1 Å². The third-order valence-electron chi connectivity index (χ3n) is 8.02. The Morgan fingerprint density at radius 1 is 0.865 bits per heavy atom. The SMILES string of the molecule is Cc1nc(-c2ccc(N3CCN(C4CCC4)CC3)cc2)cc2c1nc(-c1ccc(S(C)(=O)=O)cc1)n2C. The number of anilines is 1. The highest BCUT2D eigenvalue weighted by Gasteiger charge is 2.28. The molecule has 6 rings (SSSR count). The summed E-state index contributed by atoms with van der Waals surface area (Å²) in [5.41, 5.74) is 6.88. The minimum absolute atomic E-state index is 0.304. The van der Waals surface area contributed by atoms with E-state index in [0.717, 1.165) is 71.6 Å². The molecule has 2 fully saturated rings. The number of sulfone groups is 1. The molecule has 1 aliphatic carbocycles. The lowest BCUT2D eigenvalue weighted by molar-refractivity contribution is 0.120. The third kappa shape index (κ3) is 4.53. The molecule has 1 saturated heterocycles. The van der Waals surface area contributed by atoms with Gasteiger partial charge in [0.1, 0.15) is 11.3 Å². The van der Waals surface area contributed by atoms with Gasteiger partial charge in [-0.3, -0.25) is 9.88 Å². The summed E-state index contributed by atoms with van der Waals surface area (Å²) in [6, 6.07) is 18.6. The number of aromatic nitrogens is 3. The van der Waals surface area contributed by atoms with E-state index >= 15 is 0 Å². The fraction of sp³-hybridized carbons (Fsp3) is 0.379. The topological polar surface area (TPSA) is 71.3 Å². The normalized spacial score (nSPS) is 17.3. The maximum atomic E-state index is 11.8. The number of nitrogens with zero attached hydrogens (tertiary/aromatic N) is 5. The standard InChI is InChI=1S/C29H33N5O2S/c1-20-28-27(32(2)29(31-28)22-9-13-25(14-10-22)37(3,35)36)19-26(30-20)21-7-11-24(12-8-21)34-17-15-33(16-18-34)23-5-4-6-23/h7-14,19,23H,4-6,15-18H2,1-3H3. The quantitative estimate of drug-likeness (QED) is 0.384. The van der Waals surface area contributed by atoms with Crippen molar-refractivity contribution in [3.63, 3.8) is 0 Å². The molecular weight excluding hydrogens is 482 g/mol. The van der Waals surface area contributed by atoms with Crippen LogP contribution in [0.1, 0.15) is 25.0 Å². The monoisotopic (exact) mass is 515 g/mol. The first kappa shape index (κ1) is 24.1. The molecule has 1 saturated carbocycles. The zero-order valence-corrected chi connectivity index (χ0v) is 22.5. The van der Waals surface area contributed by atoms with Crippen molar-refractivity contribution in [3.8, 4) is 22.6 Å². The summed E-state index contributed by atoms with van der Waals surface area (Å²) in [4.78, 5) is 15.2. The molecule has 0 radical (unpaired) electrons. The van der Waals surface area contributed by atoms with Gasteiger partial charge in [-0.1, -0.05) is 18.6 Å². The fourth-order valence-corrected chi connectivity index (χ4v) is 6.17.